The molecule has 0 spiro atoms. The van der Waals surface area contributed by atoms with E-state index in [0.29, 0.717) is 41.8 Å². The lowest BCUT2D eigenvalue weighted by Gasteiger charge is -2.21. The molecule has 0 unspecified atom stereocenters. The van der Waals surface area contributed by atoms with Crippen LogP contribution in [0, 0.1) is 6.92 Å². The second-order valence-corrected chi connectivity index (χ2v) is 9.25. The van der Waals surface area contributed by atoms with Gasteiger partial charge in [0.25, 0.3) is 5.95 Å². The molecule has 2 aromatic heterocycles. The zero-order valence-corrected chi connectivity index (χ0v) is 23.7. The van der Waals surface area contributed by atoms with Crippen LogP contribution in [0.15, 0.2) is 29.3 Å². The van der Waals surface area contributed by atoms with Crippen LogP contribution in [0.2, 0.25) is 0 Å². The molecule has 228 valence electrons. The third-order valence-corrected chi connectivity index (χ3v) is 5.96. The molecular formula is C24H34N10O7S. The van der Waals surface area contributed by atoms with Crippen molar-refractivity contribution in [1.82, 2.24) is 29.9 Å². The molecule has 2 heterocycles. The third kappa shape index (κ3) is 10.7. The first kappa shape index (κ1) is 32.9. The quantitative estimate of drug-likeness (QED) is 0.0334. The number of aliphatic hydroxyl groups is 4. The summed E-state index contributed by atoms with van der Waals surface area (Å²) in [6.45, 7) is 1.75. The molecule has 42 heavy (non-hydrogen) atoms. The van der Waals surface area contributed by atoms with Crippen molar-refractivity contribution in [3.8, 4) is 0 Å². The summed E-state index contributed by atoms with van der Waals surface area (Å²) in [4.78, 5) is 32.2. The largest absolute Gasteiger partial charge is 0.396 e. The van der Waals surface area contributed by atoms with Crippen LogP contribution >= 0.6 is 12.0 Å². The van der Waals surface area contributed by atoms with Gasteiger partial charge >= 0.3 is 0 Å². The van der Waals surface area contributed by atoms with E-state index in [9.17, 15) is 20.4 Å². The highest BCUT2D eigenvalue weighted by Gasteiger charge is 2.17. The maximum Gasteiger partial charge on any atom is 0.254 e. The van der Waals surface area contributed by atoms with Crippen molar-refractivity contribution < 1.29 is 35.1 Å². The highest BCUT2D eigenvalue weighted by Crippen LogP contribution is 2.25. The fourth-order valence-corrected chi connectivity index (χ4v) is 3.97. The zero-order chi connectivity index (χ0) is 30.2. The molecule has 0 aliphatic carbocycles. The van der Waals surface area contributed by atoms with E-state index >= 15 is 0 Å². The first-order chi connectivity index (χ1) is 20.5. The lowest BCUT2D eigenvalue weighted by Crippen LogP contribution is -2.31. The van der Waals surface area contributed by atoms with E-state index in [1.807, 2.05) is 6.07 Å². The molecule has 0 saturated heterocycles. The van der Waals surface area contributed by atoms with Crippen LogP contribution in [0.1, 0.15) is 30.4 Å². The van der Waals surface area contributed by atoms with Crippen LogP contribution in [-0.4, -0.2) is 107 Å². The van der Waals surface area contributed by atoms with Crippen molar-refractivity contribution in [2.45, 2.75) is 25.7 Å². The molecule has 7 N–H and O–H groups in total. The lowest BCUT2D eigenvalue weighted by molar-refractivity contribution is -0.432. The Morgan fingerprint density at radius 3 is 2.19 bits per heavy atom. The average molecular weight is 607 g/mol. The van der Waals surface area contributed by atoms with Crippen LogP contribution in [0.4, 0.5) is 35.2 Å². The van der Waals surface area contributed by atoms with Gasteiger partial charge in [0.05, 0.1) is 19.0 Å². The van der Waals surface area contributed by atoms with Gasteiger partial charge in [0.15, 0.2) is 0 Å². The van der Waals surface area contributed by atoms with Crippen LogP contribution in [0.5, 0.6) is 0 Å². The molecule has 0 amide bonds. The number of hydrogen-bond acceptors (Lipinski definition) is 18. The predicted molar refractivity (Wildman–Crippen MR) is 155 cm³/mol. The van der Waals surface area contributed by atoms with Gasteiger partial charge in [0, 0.05) is 61.9 Å². The summed E-state index contributed by atoms with van der Waals surface area (Å²) in [6.07, 6.45) is 2.13. The highest BCUT2D eigenvalue weighted by molar-refractivity contribution is 7.95. The Hall–Kier alpha value is -3.62. The minimum atomic E-state index is -0.330. The van der Waals surface area contributed by atoms with Gasteiger partial charge in [-0.25, -0.2) is 10.2 Å². The summed E-state index contributed by atoms with van der Waals surface area (Å²) in [7, 11) is 0. The Kier molecular flexibility index (Phi) is 14.1. The van der Waals surface area contributed by atoms with Gasteiger partial charge in [-0.3, -0.25) is 0 Å². The van der Waals surface area contributed by atoms with Crippen LogP contribution < -0.4 is 15.5 Å². The Morgan fingerprint density at radius 1 is 0.905 bits per heavy atom. The zero-order valence-electron chi connectivity index (χ0n) is 22.9. The van der Waals surface area contributed by atoms with Gasteiger partial charge in [0.2, 0.25) is 17.8 Å². The van der Waals surface area contributed by atoms with Gasteiger partial charge in [-0.2, -0.15) is 29.9 Å². The molecule has 0 bridgehead atoms. The van der Waals surface area contributed by atoms with Crippen LogP contribution in [0.25, 0.3) is 0 Å². The van der Waals surface area contributed by atoms with Crippen molar-refractivity contribution in [3.63, 3.8) is 0 Å². The Morgan fingerprint density at radius 2 is 1.57 bits per heavy atom. The van der Waals surface area contributed by atoms with E-state index < -0.39 is 0 Å². The Bertz CT molecular complexity index is 1260. The minimum Gasteiger partial charge on any atom is -0.396 e. The summed E-state index contributed by atoms with van der Waals surface area (Å²) < 4.78 is 4.32. The number of aliphatic hydroxyl groups excluding tert-OH is 4. The average Bonchev–Trinajstić information content (AvgIpc) is 2.96. The Balaban J connectivity index is 1.85. The molecule has 18 heteroatoms. The van der Waals surface area contributed by atoms with Crippen molar-refractivity contribution in [1.29, 1.82) is 0 Å². The summed E-state index contributed by atoms with van der Waals surface area (Å²) in [5.74, 6) is 1.58. The van der Waals surface area contributed by atoms with E-state index in [4.69, 9.17) is 5.26 Å². The summed E-state index contributed by atoms with van der Waals surface area (Å²) in [5.41, 5.74) is 1.26. The fourth-order valence-electron chi connectivity index (χ4n) is 3.74. The topological polar surface area (TPSA) is 237 Å². The molecule has 3 aromatic rings. The molecule has 0 fully saturated rings. The first-order valence-corrected chi connectivity index (χ1v) is 13.8. The number of hydrogen-bond donors (Lipinski definition) is 7. The first-order valence-electron chi connectivity index (χ1n) is 12.9. The number of rotatable bonds is 19. The molecule has 0 aliphatic rings. The fraction of sp³-hybridized carbons (Fsp3) is 0.458. The SMILES string of the molecule is Cc1nc(Nc2cccc(Nc3nc(N=CCSOOO)nc(C(CCO)CCO)n3)c2)nc(N(CCO)CCO)n1. The molecule has 0 aliphatic heterocycles. The van der Waals surface area contributed by atoms with Crippen molar-refractivity contribution in [2.24, 2.45) is 4.99 Å². The number of nitrogens with one attached hydrogen (secondary N) is 2. The number of benzene rings is 1. The van der Waals surface area contributed by atoms with E-state index in [1.54, 1.807) is 30.0 Å². The molecule has 3 rings (SSSR count). The van der Waals surface area contributed by atoms with Gasteiger partial charge in [-0.15, -0.1) is 4.33 Å². The van der Waals surface area contributed by atoms with Crippen molar-refractivity contribution in [2.75, 3.05) is 60.8 Å². The predicted octanol–water partition coefficient (Wildman–Crippen LogP) is 1.26. The lowest BCUT2D eigenvalue weighted by atomic mass is 10.0. The van der Waals surface area contributed by atoms with Gasteiger partial charge in [-0.1, -0.05) is 11.1 Å². The van der Waals surface area contributed by atoms with Gasteiger partial charge < -0.3 is 36.0 Å². The van der Waals surface area contributed by atoms with E-state index in [1.165, 1.54) is 6.21 Å². The standard InChI is InChI=1S/C24H34N10O7S/c1-16-26-22(33-24(27-16)34(8-12-37)9-13-38)28-18-3-2-4-19(15-18)29-23-31-20(17(5-10-35)6-11-36)30-21(32-23)25-7-14-42-41-40-39/h2-4,7,15,17,35-39H,5-6,8-14H2,1H3,(H,26,27,28,33)(H,29,30,31,32). The molecule has 1 aromatic carbocycles. The molecule has 0 saturated carbocycles. The number of anilines is 5. The maximum atomic E-state index is 9.50. The smallest absolute Gasteiger partial charge is 0.254 e. The van der Waals surface area contributed by atoms with Crippen molar-refractivity contribution >= 4 is 53.4 Å². The van der Waals surface area contributed by atoms with Gasteiger partial charge in [0.1, 0.15) is 11.6 Å². The minimum absolute atomic E-state index is 0.0895. The normalized spacial score (nSPS) is 11.4. The van der Waals surface area contributed by atoms with E-state index in [0.717, 1.165) is 12.0 Å². The second-order valence-electron chi connectivity index (χ2n) is 8.55. The van der Waals surface area contributed by atoms with E-state index in [2.05, 4.69) is 54.9 Å². The number of aromatic nitrogens is 6. The molecule has 17 nitrogen and oxygen atoms in total. The number of nitrogens with zero attached hydrogens (tertiary/aromatic N) is 8. The highest BCUT2D eigenvalue weighted by atomic mass is 32.2. The number of aliphatic imine (C=N–C) groups is 1. The molecular weight excluding hydrogens is 572 g/mol. The third-order valence-electron chi connectivity index (χ3n) is 5.52. The summed E-state index contributed by atoms with van der Waals surface area (Å²) in [5, 5.41) is 55.8. The summed E-state index contributed by atoms with van der Waals surface area (Å²) >= 11 is 0.796. The Labute approximate surface area is 245 Å². The van der Waals surface area contributed by atoms with E-state index in [-0.39, 0.29) is 69.0 Å². The maximum absolute atomic E-state index is 9.50. The van der Waals surface area contributed by atoms with Crippen molar-refractivity contribution in [3.05, 3.63) is 35.9 Å². The second kappa shape index (κ2) is 18.0. The molecule has 0 atom stereocenters. The number of aryl methyl sites for hydroxylation is 1. The monoisotopic (exact) mass is 606 g/mol. The van der Waals surface area contributed by atoms with Crippen LogP contribution in [0.3, 0.4) is 0 Å². The van der Waals surface area contributed by atoms with Gasteiger partial charge in [-0.05, 0) is 38.0 Å². The van der Waals surface area contributed by atoms with Crippen LogP contribution in [-0.2, 0) is 9.37 Å². The molecule has 0 radical (unpaired) electrons. The summed E-state index contributed by atoms with van der Waals surface area (Å²) in [6, 6.07) is 7.19.